The molecular formula is C28H37N5O4S. The maximum Gasteiger partial charge on any atom is 0.243 e. The summed E-state index contributed by atoms with van der Waals surface area (Å²) in [5.41, 5.74) is 6.19. The molecule has 3 amide bonds. The number of thiophene rings is 1. The van der Waals surface area contributed by atoms with Crippen LogP contribution in [0.2, 0.25) is 0 Å². The average Bonchev–Trinajstić information content (AvgIpc) is 3.66. The molecular weight excluding hydrogens is 502 g/mol. The number of para-hydroxylation sites is 1. The first-order valence-corrected chi connectivity index (χ1v) is 14.1. The van der Waals surface area contributed by atoms with Gasteiger partial charge >= 0.3 is 0 Å². The molecule has 1 aliphatic carbocycles. The molecule has 204 valence electrons. The van der Waals surface area contributed by atoms with E-state index in [2.05, 4.69) is 10.6 Å². The molecule has 9 nitrogen and oxygen atoms in total. The number of carbonyl (C=O) groups is 3. The van der Waals surface area contributed by atoms with E-state index < -0.39 is 6.04 Å². The molecule has 4 rings (SSSR count). The number of hydrogen-bond donors (Lipinski definition) is 4. The lowest BCUT2D eigenvalue weighted by Crippen LogP contribution is -2.49. The van der Waals surface area contributed by atoms with Crippen molar-refractivity contribution in [1.82, 2.24) is 15.5 Å². The first-order valence-electron chi connectivity index (χ1n) is 13.2. The van der Waals surface area contributed by atoms with E-state index in [1.54, 1.807) is 10.3 Å². The second-order valence-corrected chi connectivity index (χ2v) is 11.3. The molecule has 1 saturated heterocycles. The van der Waals surface area contributed by atoms with Crippen molar-refractivity contribution < 1.29 is 19.1 Å². The van der Waals surface area contributed by atoms with E-state index in [1.165, 1.54) is 11.3 Å². The summed E-state index contributed by atoms with van der Waals surface area (Å²) in [5.74, 6) is 0.128. The van der Waals surface area contributed by atoms with Crippen LogP contribution in [0.1, 0.15) is 68.4 Å². The Hall–Kier alpha value is -3.40. The highest BCUT2D eigenvalue weighted by Crippen LogP contribution is 2.47. The normalized spacial score (nSPS) is 18.8. The lowest BCUT2D eigenvalue weighted by atomic mass is 9.84. The zero-order valence-corrected chi connectivity index (χ0v) is 22.6. The summed E-state index contributed by atoms with van der Waals surface area (Å²) in [6.45, 7) is 2.73. The van der Waals surface area contributed by atoms with Crippen molar-refractivity contribution >= 4 is 34.9 Å². The van der Waals surface area contributed by atoms with Gasteiger partial charge in [0.25, 0.3) is 0 Å². The van der Waals surface area contributed by atoms with E-state index in [-0.39, 0.29) is 48.0 Å². The van der Waals surface area contributed by atoms with Gasteiger partial charge in [0.1, 0.15) is 17.6 Å². The molecule has 2 aliphatic rings. The standard InChI is InChI=1S/C28H37N5O4S/c1-19(23-14-20(17-38-23)26(29)30)32-27(36)22-15-28(11-5-6-12-28)18-33(22)25(35)16-31-24(34)10-7-13-37-21-8-3-2-4-9-21/h2-4,8-9,14,17,19,22H,5-7,10-13,15-16,18H2,1H3,(H3,29,30)(H,31,34)(H,32,36)/t19?,22-/m0/s1. The largest absolute Gasteiger partial charge is 0.494 e. The van der Waals surface area contributed by atoms with Gasteiger partial charge in [-0.1, -0.05) is 31.0 Å². The number of hydrogen-bond acceptors (Lipinski definition) is 6. The average molecular weight is 540 g/mol. The van der Waals surface area contributed by atoms with Crippen LogP contribution in [0, 0.1) is 10.8 Å². The van der Waals surface area contributed by atoms with Crippen molar-refractivity contribution in [3.63, 3.8) is 0 Å². The number of nitrogens with zero attached hydrogens (tertiary/aromatic N) is 1. The SMILES string of the molecule is CC(NC(=O)[C@@H]1CC2(CCCC2)CN1C(=O)CNC(=O)CCCOc1ccccc1)c1cc(C(=N)N)cs1. The van der Waals surface area contributed by atoms with Crippen molar-refractivity contribution in [3.05, 3.63) is 52.2 Å². The minimum atomic E-state index is -0.563. The summed E-state index contributed by atoms with van der Waals surface area (Å²) in [6.07, 6.45) is 5.68. The summed E-state index contributed by atoms with van der Waals surface area (Å²) in [6, 6.07) is 10.4. The van der Waals surface area contributed by atoms with Gasteiger partial charge in [0.15, 0.2) is 0 Å². The number of nitrogens with one attached hydrogen (secondary N) is 3. The van der Waals surface area contributed by atoms with Gasteiger partial charge in [0, 0.05) is 28.8 Å². The van der Waals surface area contributed by atoms with Crippen molar-refractivity contribution in [2.75, 3.05) is 19.7 Å². The van der Waals surface area contributed by atoms with E-state index in [1.807, 2.05) is 43.3 Å². The maximum atomic E-state index is 13.4. The molecule has 1 aromatic heterocycles. The van der Waals surface area contributed by atoms with Crippen LogP contribution in [0.3, 0.4) is 0 Å². The number of amidine groups is 1. The van der Waals surface area contributed by atoms with E-state index >= 15 is 0 Å². The van der Waals surface area contributed by atoms with Crippen LogP contribution in [0.5, 0.6) is 5.75 Å². The first kappa shape index (κ1) is 27.6. The molecule has 1 aliphatic heterocycles. The smallest absolute Gasteiger partial charge is 0.243 e. The number of carbonyl (C=O) groups excluding carboxylic acids is 3. The predicted molar refractivity (Wildman–Crippen MR) is 147 cm³/mol. The first-order chi connectivity index (χ1) is 18.3. The zero-order chi connectivity index (χ0) is 27.1. The molecule has 2 atom stereocenters. The maximum absolute atomic E-state index is 13.4. The van der Waals surface area contributed by atoms with Gasteiger partial charge < -0.3 is 26.0 Å². The number of amides is 3. The quantitative estimate of drug-likeness (QED) is 0.197. The van der Waals surface area contributed by atoms with Gasteiger partial charge in [-0.2, -0.15) is 0 Å². The van der Waals surface area contributed by atoms with Crippen LogP contribution in [0.4, 0.5) is 0 Å². The summed E-state index contributed by atoms with van der Waals surface area (Å²) >= 11 is 1.44. The van der Waals surface area contributed by atoms with Gasteiger partial charge in [-0.15, -0.1) is 11.3 Å². The molecule has 2 aromatic rings. The zero-order valence-electron chi connectivity index (χ0n) is 21.8. The van der Waals surface area contributed by atoms with Gasteiger partial charge in [0.2, 0.25) is 17.7 Å². The highest BCUT2D eigenvalue weighted by molar-refractivity contribution is 7.10. The third-order valence-corrected chi connectivity index (χ3v) is 8.62. The number of nitrogen functional groups attached to an aromatic ring is 1. The predicted octanol–water partition coefficient (Wildman–Crippen LogP) is 3.35. The highest BCUT2D eigenvalue weighted by atomic mass is 32.1. The fourth-order valence-corrected chi connectivity index (χ4v) is 6.36. The molecule has 2 heterocycles. The molecule has 0 bridgehead atoms. The van der Waals surface area contributed by atoms with Crippen molar-refractivity contribution in [2.24, 2.45) is 11.1 Å². The van der Waals surface area contributed by atoms with Gasteiger partial charge in [-0.3, -0.25) is 19.8 Å². The molecule has 0 radical (unpaired) electrons. The fraction of sp³-hybridized carbons (Fsp3) is 0.500. The van der Waals surface area contributed by atoms with E-state index in [9.17, 15) is 14.4 Å². The third kappa shape index (κ3) is 6.92. The van der Waals surface area contributed by atoms with Crippen molar-refractivity contribution in [2.45, 2.75) is 64.0 Å². The lowest BCUT2D eigenvalue weighted by molar-refractivity contribution is -0.139. The Bertz CT molecular complexity index is 1150. The molecule has 1 aromatic carbocycles. The van der Waals surface area contributed by atoms with Gasteiger partial charge in [-0.05, 0) is 56.2 Å². The number of likely N-dealkylation sites (tertiary alicyclic amines) is 1. The number of nitrogens with two attached hydrogens (primary N) is 1. The number of rotatable bonds is 11. The number of ether oxygens (including phenoxy) is 1. The summed E-state index contributed by atoms with van der Waals surface area (Å²) < 4.78 is 5.62. The summed E-state index contributed by atoms with van der Waals surface area (Å²) in [7, 11) is 0. The third-order valence-electron chi connectivity index (χ3n) is 7.51. The molecule has 1 saturated carbocycles. The molecule has 10 heteroatoms. The summed E-state index contributed by atoms with van der Waals surface area (Å²) in [5, 5.41) is 15.2. The Balaban J connectivity index is 1.30. The number of benzene rings is 1. The fourth-order valence-electron chi connectivity index (χ4n) is 5.45. The Labute approximate surface area is 227 Å². The molecule has 1 unspecified atom stereocenters. The van der Waals surface area contributed by atoms with Crippen LogP contribution in [-0.4, -0.2) is 54.2 Å². The van der Waals surface area contributed by atoms with Crippen LogP contribution < -0.4 is 21.1 Å². The highest BCUT2D eigenvalue weighted by Gasteiger charge is 2.49. The lowest BCUT2D eigenvalue weighted by Gasteiger charge is -2.26. The monoisotopic (exact) mass is 539 g/mol. The minimum absolute atomic E-state index is 0.00691. The Morgan fingerprint density at radius 2 is 1.97 bits per heavy atom. The van der Waals surface area contributed by atoms with Crippen molar-refractivity contribution in [3.8, 4) is 5.75 Å². The van der Waals surface area contributed by atoms with Crippen LogP contribution >= 0.6 is 11.3 Å². The molecule has 5 N–H and O–H groups in total. The van der Waals surface area contributed by atoms with E-state index in [0.29, 0.717) is 31.6 Å². The van der Waals surface area contributed by atoms with E-state index in [4.69, 9.17) is 15.9 Å². The van der Waals surface area contributed by atoms with Crippen molar-refractivity contribution in [1.29, 1.82) is 5.41 Å². The molecule has 2 fully saturated rings. The minimum Gasteiger partial charge on any atom is -0.494 e. The van der Waals surface area contributed by atoms with Crippen LogP contribution in [0.15, 0.2) is 41.8 Å². The molecule has 1 spiro atoms. The Morgan fingerprint density at radius 3 is 2.66 bits per heavy atom. The Morgan fingerprint density at radius 1 is 1.24 bits per heavy atom. The second-order valence-electron chi connectivity index (χ2n) is 10.4. The van der Waals surface area contributed by atoms with E-state index in [0.717, 1.165) is 36.3 Å². The summed E-state index contributed by atoms with van der Waals surface area (Å²) in [4.78, 5) is 41.5. The van der Waals surface area contributed by atoms with Crippen LogP contribution in [-0.2, 0) is 14.4 Å². The van der Waals surface area contributed by atoms with Gasteiger partial charge in [-0.25, -0.2) is 0 Å². The molecule has 38 heavy (non-hydrogen) atoms. The van der Waals surface area contributed by atoms with Crippen LogP contribution in [0.25, 0.3) is 0 Å². The Kier molecular flexibility index (Phi) is 9.04. The topological polar surface area (TPSA) is 138 Å². The van der Waals surface area contributed by atoms with Gasteiger partial charge in [0.05, 0.1) is 19.2 Å². The second kappa shape index (κ2) is 12.4.